The number of methoxy groups -OCH3 is 2. The summed E-state index contributed by atoms with van der Waals surface area (Å²) in [6, 6.07) is 2.99. The molecule has 1 heterocycles. The number of hydrogen-bond acceptors (Lipinski definition) is 8. The van der Waals surface area contributed by atoms with E-state index >= 15 is 0 Å². The summed E-state index contributed by atoms with van der Waals surface area (Å²) in [4.78, 5) is 35.0. The molecule has 1 aliphatic rings. The maximum Gasteiger partial charge on any atom is 0.324 e. The van der Waals surface area contributed by atoms with Gasteiger partial charge in [-0.25, -0.2) is 8.42 Å². The molecule has 1 aliphatic heterocycles. The standard InChI is InChI=1S/C17H17ClN2O7S/c1-26-16-13(14(21)15(16)22)19-11-8-9(5-6-10(11)18)28(24,25)20-7-3-4-12(20)17(23)27-2/h5-6,8,12,19H,3-4,7H2,1-2H3/t12-/m0/s1. The van der Waals surface area contributed by atoms with Crippen molar-refractivity contribution in [3.8, 4) is 5.75 Å². The van der Waals surface area contributed by atoms with Gasteiger partial charge < -0.3 is 14.8 Å². The number of esters is 1. The van der Waals surface area contributed by atoms with Gasteiger partial charge in [0.05, 0.1) is 29.8 Å². The average Bonchev–Trinajstić information content (AvgIpc) is 3.18. The molecule has 0 amide bonds. The van der Waals surface area contributed by atoms with Gasteiger partial charge in [0.15, 0.2) is 5.75 Å². The second-order valence-electron chi connectivity index (χ2n) is 6.13. The number of benzene rings is 1. The lowest BCUT2D eigenvalue weighted by Crippen LogP contribution is -2.41. The average molecular weight is 429 g/mol. The lowest BCUT2D eigenvalue weighted by atomic mass is 10.2. The number of carbonyl (C=O) groups excluding carboxylic acids is 1. The predicted molar refractivity (Wildman–Crippen MR) is 102 cm³/mol. The molecule has 0 saturated carbocycles. The van der Waals surface area contributed by atoms with E-state index in [2.05, 4.69) is 5.32 Å². The third-order valence-corrected chi connectivity index (χ3v) is 6.79. The van der Waals surface area contributed by atoms with Gasteiger partial charge in [0, 0.05) is 6.54 Å². The lowest BCUT2D eigenvalue weighted by molar-refractivity contribution is -0.144. The summed E-state index contributed by atoms with van der Waals surface area (Å²) in [5, 5.41) is 2.79. The SMILES string of the molecule is COC(=O)[C@@H]1CCCN1S(=O)(=O)c1ccc(Cl)c(Nc2c(OC)c(=O)c2=O)c1. The maximum absolute atomic E-state index is 13.0. The first kappa shape index (κ1) is 20.3. The zero-order valence-corrected chi connectivity index (χ0v) is 16.6. The van der Waals surface area contributed by atoms with Gasteiger partial charge in [0.2, 0.25) is 10.0 Å². The fraction of sp³-hybridized carbons (Fsp3) is 0.353. The van der Waals surface area contributed by atoms with E-state index in [-0.39, 0.29) is 33.6 Å². The highest BCUT2D eigenvalue weighted by molar-refractivity contribution is 7.89. The van der Waals surface area contributed by atoms with Crippen LogP contribution in [0.4, 0.5) is 11.4 Å². The van der Waals surface area contributed by atoms with Crippen molar-refractivity contribution in [2.45, 2.75) is 23.8 Å². The largest absolute Gasteiger partial charge is 0.491 e. The first-order chi connectivity index (χ1) is 13.2. The summed E-state index contributed by atoms with van der Waals surface area (Å²) in [6.45, 7) is 0.180. The Kier molecular flexibility index (Phi) is 5.46. The molecule has 28 heavy (non-hydrogen) atoms. The Morgan fingerprint density at radius 3 is 2.61 bits per heavy atom. The van der Waals surface area contributed by atoms with Crippen LogP contribution >= 0.6 is 11.6 Å². The Hall–Kier alpha value is -2.43. The van der Waals surface area contributed by atoms with Crippen LogP contribution in [-0.4, -0.2) is 45.5 Å². The molecule has 1 atom stereocenters. The number of sulfonamides is 1. The number of anilines is 2. The molecule has 3 rings (SSSR count). The number of rotatable bonds is 6. The minimum atomic E-state index is -4.02. The van der Waals surface area contributed by atoms with Crippen molar-refractivity contribution >= 4 is 39.0 Å². The molecule has 1 N–H and O–H groups in total. The van der Waals surface area contributed by atoms with Crippen LogP contribution in [0.2, 0.25) is 5.02 Å². The van der Waals surface area contributed by atoms with Gasteiger partial charge in [-0.05, 0) is 31.0 Å². The minimum absolute atomic E-state index is 0.0995. The van der Waals surface area contributed by atoms with E-state index in [1.165, 1.54) is 32.4 Å². The van der Waals surface area contributed by atoms with Crippen LogP contribution in [0, 0.1) is 0 Å². The Morgan fingerprint density at radius 2 is 1.96 bits per heavy atom. The van der Waals surface area contributed by atoms with E-state index in [0.29, 0.717) is 12.8 Å². The zero-order valence-electron chi connectivity index (χ0n) is 15.0. The molecule has 0 radical (unpaired) electrons. The number of ether oxygens (including phenoxy) is 2. The van der Waals surface area contributed by atoms with Gasteiger partial charge in [-0.1, -0.05) is 11.6 Å². The molecule has 0 bridgehead atoms. The van der Waals surface area contributed by atoms with Gasteiger partial charge in [-0.3, -0.25) is 14.4 Å². The summed E-state index contributed by atoms with van der Waals surface area (Å²) in [5.74, 6) is -0.776. The molecule has 1 saturated heterocycles. The highest BCUT2D eigenvalue weighted by Crippen LogP contribution is 2.33. The molecule has 11 heteroatoms. The van der Waals surface area contributed by atoms with Crippen molar-refractivity contribution in [3.63, 3.8) is 0 Å². The van der Waals surface area contributed by atoms with Crippen molar-refractivity contribution < 1.29 is 22.7 Å². The quantitative estimate of drug-likeness (QED) is 0.535. The normalized spacial score (nSPS) is 17.6. The van der Waals surface area contributed by atoms with Gasteiger partial charge in [-0.15, -0.1) is 0 Å². The minimum Gasteiger partial charge on any atom is -0.491 e. The molecule has 0 aliphatic carbocycles. The van der Waals surface area contributed by atoms with Crippen molar-refractivity contribution in [1.82, 2.24) is 4.31 Å². The Bertz CT molecular complexity index is 1110. The predicted octanol–water partition coefficient (Wildman–Crippen LogP) is 1.01. The fourth-order valence-electron chi connectivity index (χ4n) is 3.11. The number of halogens is 1. The molecule has 0 spiro atoms. The van der Waals surface area contributed by atoms with Crippen LogP contribution in [0.1, 0.15) is 12.8 Å². The third-order valence-electron chi connectivity index (χ3n) is 4.55. The Morgan fingerprint density at radius 1 is 1.25 bits per heavy atom. The number of nitrogens with one attached hydrogen (secondary N) is 1. The van der Waals surface area contributed by atoms with E-state index < -0.39 is 32.9 Å². The zero-order chi connectivity index (χ0) is 20.6. The van der Waals surface area contributed by atoms with Gasteiger partial charge >= 0.3 is 5.97 Å². The summed E-state index contributed by atoms with van der Waals surface area (Å²) >= 11 is 6.10. The summed E-state index contributed by atoms with van der Waals surface area (Å²) < 4.78 is 36.7. The molecule has 1 fully saturated rings. The van der Waals surface area contributed by atoms with Gasteiger partial charge in [0.1, 0.15) is 11.7 Å². The summed E-state index contributed by atoms with van der Waals surface area (Å²) in [5.41, 5.74) is -1.55. The van der Waals surface area contributed by atoms with E-state index in [4.69, 9.17) is 21.1 Å². The lowest BCUT2D eigenvalue weighted by Gasteiger charge is -2.22. The highest BCUT2D eigenvalue weighted by atomic mass is 35.5. The van der Waals surface area contributed by atoms with E-state index in [9.17, 15) is 22.8 Å². The summed E-state index contributed by atoms with van der Waals surface area (Å²) in [6.07, 6.45) is 0.893. The molecular weight excluding hydrogens is 412 g/mol. The number of nitrogens with zero attached hydrogens (tertiary/aromatic N) is 1. The number of hydrogen-bond donors (Lipinski definition) is 1. The summed E-state index contributed by atoms with van der Waals surface area (Å²) in [7, 11) is -1.57. The first-order valence-electron chi connectivity index (χ1n) is 8.26. The molecule has 0 unspecified atom stereocenters. The third kappa shape index (κ3) is 3.27. The van der Waals surface area contributed by atoms with Crippen molar-refractivity contribution in [2.75, 3.05) is 26.1 Å². The van der Waals surface area contributed by atoms with Gasteiger partial charge in [-0.2, -0.15) is 4.31 Å². The van der Waals surface area contributed by atoms with Crippen LogP contribution < -0.4 is 20.9 Å². The van der Waals surface area contributed by atoms with E-state index in [1.807, 2.05) is 0 Å². The molecule has 2 aromatic rings. The van der Waals surface area contributed by atoms with Crippen LogP contribution in [0.25, 0.3) is 0 Å². The van der Waals surface area contributed by atoms with E-state index in [0.717, 1.165) is 4.31 Å². The first-order valence-corrected chi connectivity index (χ1v) is 10.1. The molecule has 150 valence electrons. The number of carbonyl (C=O) groups is 1. The second-order valence-corrected chi connectivity index (χ2v) is 8.43. The Labute approximate surface area is 165 Å². The molecule has 2 aromatic carbocycles. The van der Waals surface area contributed by atoms with Crippen LogP contribution in [-0.2, 0) is 19.6 Å². The fourth-order valence-corrected chi connectivity index (χ4v) is 4.95. The van der Waals surface area contributed by atoms with Crippen molar-refractivity contribution in [3.05, 3.63) is 43.7 Å². The van der Waals surface area contributed by atoms with Crippen LogP contribution in [0.3, 0.4) is 0 Å². The van der Waals surface area contributed by atoms with E-state index in [1.54, 1.807) is 0 Å². The van der Waals surface area contributed by atoms with Crippen molar-refractivity contribution in [2.24, 2.45) is 0 Å². The molecule has 9 nitrogen and oxygen atoms in total. The monoisotopic (exact) mass is 428 g/mol. The molecular formula is C17H17ClN2O7S. The smallest absolute Gasteiger partial charge is 0.324 e. The second kappa shape index (κ2) is 7.53. The van der Waals surface area contributed by atoms with Crippen LogP contribution in [0.5, 0.6) is 5.75 Å². The maximum atomic E-state index is 13.0. The highest BCUT2D eigenvalue weighted by Gasteiger charge is 2.40. The van der Waals surface area contributed by atoms with Gasteiger partial charge in [0.25, 0.3) is 10.9 Å². The van der Waals surface area contributed by atoms with Crippen LogP contribution in [0.15, 0.2) is 32.7 Å². The topological polar surface area (TPSA) is 119 Å². The Balaban J connectivity index is 1.96. The van der Waals surface area contributed by atoms with Crippen molar-refractivity contribution in [1.29, 1.82) is 0 Å². The molecule has 0 aromatic heterocycles.